The Bertz CT molecular complexity index is 438. The van der Waals surface area contributed by atoms with Crippen LogP contribution < -0.4 is 4.31 Å². The van der Waals surface area contributed by atoms with Gasteiger partial charge in [-0.1, -0.05) is 82.9 Å². The first-order valence-corrected chi connectivity index (χ1v) is 9.85. The summed E-state index contributed by atoms with van der Waals surface area (Å²) in [6.45, 7) is 2.84. The molecule has 0 unspecified atom stereocenters. The Hall–Kier alpha value is -1.03. The number of hydrogen-bond donors (Lipinski definition) is 1. The van der Waals surface area contributed by atoms with Crippen LogP contribution in [0.4, 0.5) is 5.69 Å². The molecule has 0 N–H and O–H groups in total. The van der Waals surface area contributed by atoms with E-state index in [1.807, 2.05) is 30.3 Å². The Kier molecular flexibility index (Phi) is 10.8. The Morgan fingerprint density at radius 3 is 1.77 bits per heavy atom. The maximum Gasteiger partial charge on any atom is 0.225 e. The highest BCUT2D eigenvalue weighted by molar-refractivity contribution is 7.74. The summed E-state index contributed by atoms with van der Waals surface area (Å²) < 4.78 is 24.2. The van der Waals surface area contributed by atoms with Crippen LogP contribution in [0.5, 0.6) is 0 Å². The van der Waals surface area contributed by atoms with E-state index >= 15 is 0 Å². The molecule has 3 nitrogen and oxygen atoms in total. The van der Waals surface area contributed by atoms with Crippen LogP contribution in [-0.2, 0) is 10.9 Å². The van der Waals surface area contributed by atoms with Gasteiger partial charge in [-0.3, -0.25) is 4.31 Å². The lowest BCUT2D eigenvalue weighted by molar-refractivity contribution is 0.556. The van der Waals surface area contributed by atoms with Crippen LogP contribution in [0.15, 0.2) is 30.3 Å². The number of hydrogen-bond acceptors (Lipinski definition) is 2. The summed E-state index contributed by atoms with van der Waals surface area (Å²) in [5, 5.41) is 0. The molecule has 0 bridgehead atoms. The molecule has 0 aliphatic rings. The van der Waals surface area contributed by atoms with E-state index < -0.39 is 10.9 Å². The van der Waals surface area contributed by atoms with Gasteiger partial charge in [0, 0.05) is 6.54 Å². The Morgan fingerprint density at radius 1 is 0.773 bits per heavy atom. The van der Waals surface area contributed by atoms with Crippen LogP contribution >= 0.6 is 0 Å². The minimum Gasteiger partial charge on any atom is -0.272 e. The quantitative estimate of drug-likeness (QED) is 0.412. The van der Waals surface area contributed by atoms with Crippen LogP contribution in [0.1, 0.15) is 71.1 Å². The third kappa shape index (κ3) is 8.42. The van der Waals surface area contributed by atoms with Gasteiger partial charge >= 0.3 is 0 Å². The highest BCUT2D eigenvalue weighted by atomic mass is 32.2. The Labute approximate surface area is 137 Å². The summed E-state index contributed by atoms with van der Waals surface area (Å²) in [5.74, 6) is 0. The van der Waals surface area contributed by atoms with Crippen LogP contribution in [0.3, 0.4) is 0 Å². The van der Waals surface area contributed by atoms with Gasteiger partial charge in [0.2, 0.25) is 10.9 Å². The summed E-state index contributed by atoms with van der Waals surface area (Å²) in [7, 11) is -2.54. The van der Waals surface area contributed by atoms with Crippen molar-refractivity contribution >= 4 is 16.6 Å². The van der Waals surface area contributed by atoms with Gasteiger partial charge in [-0.15, -0.1) is 0 Å². The second-order valence-electron chi connectivity index (χ2n) is 5.88. The average Bonchev–Trinajstić information content (AvgIpc) is 2.53. The van der Waals surface area contributed by atoms with Crippen molar-refractivity contribution in [3.63, 3.8) is 0 Å². The highest BCUT2D eigenvalue weighted by Gasteiger charge is 2.07. The van der Waals surface area contributed by atoms with Crippen molar-refractivity contribution in [2.75, 3.05) is 10.8 Å². The van der Waals surface area contributed by atoms with Crippen LogP contribution in [-0.4, -0.2) is 15.0 Å². The lowest BCUT2D eigenvalue weighted by atomic mass is 10.1. The first-order chi connectivity index (χ1) is 10.8. The van der Waals surface area contributed by atoms with Crippen LogP contribution in [0, 0.1) is 0 Å². The first-order valence-electron chi connectivity index (χ1n) is 8.72. The third-order valence-electron chi connectivity index (χ3n) is 3.97. The summed E-state index contributed by atoms with van der Waals surface area (Å²) >= 11 is 0. The van der Waals surface area contributed by atoms with Crippen molar-refractivity contribution in [1.82, 2.24) is 0 Å². The number of anilines is 1. The van der Waals surface area contributed by atoms with E-state index in [9.17, 15) is 8.42 Å². The van der Waals surface area contributed by atoms with Gasteiger partial charge in [-0.2, -0.15) is 0 Å². The van der Waals surface area contributed by atoms with Crippen LogP contribution in [0.25, 0.3) is 0 Å². The van der Waals surface area contributed by atoms with Crippen molar-refractivity contribution in [1.29, 1.82) is 0 Å². The van der Waals surface area contributed by atoms with Crippen molar-refractivity contribution in [3.05, 3.63) is 30.3 Å². The Balaban J connectivity index is 2.10. The van der Waals surface area contributed by atoms with Crippen molar-refractivity contribution in [2.45, 2.75) is 71.1 Å². The zero-order chi connectivity index (χ0) is 16.0. The van der Waals surface area contributed by atoms with Gasteiger partial charge in [0.15, 0.2) is 0 Å². The van der Waals surface area contributed by atoms with E-state index in [2.05, 4.69) is 6.92 Å². The standard InChI is InChI=1S/C18H31NO2S/c1-2-3-4-5-6-7-8-9-10-14-17-19(22(20)21)18-15-12-11-13-16-18/h11-13,15-16,22H,2-10,14,17H2,1H3. The van der Waals surface area contributed by atoms with E-state index in [4.69, 9.17) is 0 Å². The molecule has 0 radical (unpaired) electrons. The predicted octanol–water partition coefficient (Wildman–Crippen LogP) is 4.94. The molecule has 0 heterocycles. The molecule has 1 aromatic rings. The normalized spacial score (nSPS) is 11.0. The maximum atomic E-state index is 11.4. The largest absolute Gasteiger partial charge is 0.272 e. The number of benzene rings is 1. The first kappa shape index (κ1) is 19.0. The molecule has 0 aliphatic heterocycles. The molecule has 0 saturated heterocycles. The highest BCUT2D eigenvalue weighted by Crippen LogP contribution is 2.15. The van der Waals surface area contributed by atoms with E-state index in [0.29, 0.717) is 6.54 Å². The summed E-state index contributed by atoms with van der Waals surface area (Å²) in [6.07, 6.45) is 12.6. The maximum absolute atomic E-state index is 11.4. The molecule has 0 saturated carbocycles. The molecule has 0 atom stereocenters. The number of para-hydroxylation sites is 1. The third-order valence-corrected chi connectivity index (χ3v) is 4.80. The molecular weight excluding hydrogens is 294 g/mol. The van der Waals surface area contributed by atoms with Gasteiger partial charge in [-0.25, -0.2) is 8.42 Å². The van der Waals surface area contributed by atoms with Gasteiger partial charge in [0.25, 0.3) is 0 Å². The number of rotatable bonds is 13. The number of nitrogens with zero attached hydrogens (tertiary/aromatic N) is 1. The molecule has 1 aromatic carbocycles. The smallest absolute Gasteiger partial charge is 0.225 e. The molecule has 0 fully saturated rings. The van der Waals surface area contributed by atoms with E-state index in [1.54, 1.807) is 0 Å². The molecular formula is C18H31NO2S. The summed E-state index contributed by atoms with van der Waals surface area (Å²) in [5.41, 5.74) is 0.773. The molecule has 0 aliphatic carbocycles. The summed E-state index contributed by atoms with van der Waals surface area (Å²) in [6, 6.07) is 9.35. The second kappa shape index (κ2) is 12.5. The lowest BCUT2D eigenvalue weighted by Crippen LogP contribution is -2.22. The average molecular weight is 326 g/mol. The molecule has 22 heavy (non-hydrogen) atoms. The topological polar surface area (TPSA) is 37.4 Å². The zero-order valence-electron chi connectivity index (χ0n) is 13.9. The summed E-state index contributed by atoms with van der Waals surface area (Å²) in [4.78, 5) is 0. The zero-order valence-corrected chi connectivity index (χ0v) is 14.8. The van der Waals surface area contributed by atoms with E-state index in [-0.39, 0.29) is 0 Å². The lowest BCUT2D eigenvalue weighted by Gasteiger charge is -2.17. The molecule has 4 heteroatoms. The molecule has 126 valence electrons. The molecule has 1 rings (SSSR count). The number of thiol groups is 1. The fraction of sp³-hybridized carbons (Fsp3) is 0.667. The minimum atomic E-state index is -2.54. The monoisotopic (exact) mass is 325 g/mol. The molecule has 0 spiro atoms. The fourth-order valence-corrected chi connectivity index (χ4v) is 3.28. The SMILES string of the molecule is CCCCCCCCCCCCN(c1ccccc1)[SH](=O)=O. The molecule has 0 aromatic heterocycles. The van der Waals surface area contributed by atoms with Crippen molar-refractivity contribution in [3.8, 4) is 0 Å². The fourth-order valence-electron chi connectivity index (χ4n) is 2.65. The molecule has 0 amide bonds. The van der Waals surface area contributed by atoms with Gasteiger partial charge < -0.3 is 0 Å². The van der Waals surface area contributed by atoms with Crippen molar-refractivity contribution < 1.29 is 8.42 Å². The second-order valence-corrected chi connectivity index (χ2v) is 6.84. The van der Waals surface area contributed by atoms with Gasteiger partial charge in [0.05, 0.1) is 5.69 Å². The van der Waals surface area contributed by atoms with E-state index in [1.165, 1.54) is 55.7 Å². The number of unbranched alkanes of at least 4 members (excludes halogenated alkanes) is 9. The van der Waals surface area contributed by atoms with Gasteiger partial charge in [0.1, 0.15) is 0 Å². The van der Waals surface area contributed by atoms with E-state index in [0.717, 1.165) is 18.5 Å². The Morgan fingerprint density at radius 2 is 1.27 bits per heavy atom. The minimum absolute atomic E-state index is 0.596. The predicted molar refractivity (Wildman–Crippen MR) is 95.9 cm³/mol. The van der Waals surface area contributed by atoms with Gasteiger partial charge in [-0.05, 0) is 18.6 Å². The van der Waals surface area contributed by atoms with Crippen LogP contribution in [0.2, 0.25) is 0 Å². The van der Waals surface area contributed by atoms with Crippen molar-refractivity contribution in [2.24, 2.45) is 0 Å².